The highest BCUT2D eigenvalue weighted by Gasteiger charge is 2.23. The molecule has 0 aromatic rings. The minimum atomic E-state index is -0.839. The molecule has 5 heteroatoms. The Labute approximate surface area is 94.4 Å². The topological polar surface area (TPSA) is 74.7 Å². The van der Waals surface area contributed by atoms with E-state index in [0.717, 1.165) is 12.8 Å². The van der Waals surface area contributed by atoms with Gasteiger partial charge in [0.15, 0.2) is 0 Å². The fourth-order valence-corrected chi connectivity index (χ4v) is 1.76. The largest absolute Gasteiger partial charge is 0.481 e. The smallest absolute Gasteiger partial charge is 0.303 e. The average molecular weight is 227 g/mol. The Hall–Kier alpha value is -1.39. The van der Waals surface area contributed by atoms with Crippen LogP contribution in [0.4, 0.5) is 0 Å². The van der Waals surface area contributed by atoms with E-state index in [1.54, 1.807) is 0 Å². The van der Waals surface area contributed by atoms with Crippen molar-refractivity contribution in [3.8, 4) is 0 Å². The first-order valence-electron chi connectivity index (χ1n) is 5.66. The summed E-state index contributed by atoms with van der Waals surface area (Å²) in [4.78, 5) is 34.7. The molecule has 0 unspecified atom stereocenters. The zero-order valence-electron chi connectivity index (χ0n) is 9.28. The summed E-state index contributed by atoms with van der Waals surface area (Å²) in [7, 11) is 0. The van der Waals surface area contributed by atoms with Crippen LogP contribution in [0, 0.1) is 0 Å². The normalized spacial score (nSPS) is 17.4. The number of unbranched alkanes of at least 4 members (excludes halogenated alkanes) is 1. The van der Waals surface area contributed by atoms with Gasteiger partial charge in [0.1, 0.15) is 0 Å². The number of amides is 2. The zero-order valence-corrected chi connectivity index (χ0v) is 9.28. The minimum absolute atomic E-state index is 0.0935. The van der Waals surface area contributed by atoms with Crippen molar-refractivity contribution in [3.63, 3.8) is 0 Å². The van der Waals surface area contributed by atoms with Crippen LogP contribution < -0.4 is 0 Å². The maximum Gasteiger partial charge on any atom is 0.303 e. The van der Waals surface area contributed by atoms with Crippen LogP contribution >= 0.6 is 0 Å². The van der Waals surface area contributed by atoms with Crippen molar-refractivity contribution in [1.82, 2.24) is 4.90 Å². The van der Waals surface area contributed by atoms with Gasteiger partial charge in [-0.25, -0.2) is 0 Å². The number of hydrogen-bond donors (Lipinski definition) is 1. The first kappa shape index (κ1) is 12.7. The number of imide groups is 1. The summed E-state index contributed by atoms with van der Waals surface area (Å²) in [6.07, 6.45) is 3.59. The first-order valence-corrected chi connectivity index (χ1v) is 5.66. The second-order valence-electron chi connectivity index (χ2n) is 4.00. The number of carbonyl (C=O) groups is 3. The summed E-state index contributed by atoms with van der Waals surface area (Å²) in [5.74, 6) is -1.07. The van der Waals surface area contributed by atoms with Gasteiger partial charge >= 0.3 is 5.97 Å². The molecule has 0 aliphatic carbocycles. The SMILES string of the molecule is O=C(O)CCCCN1C(=O)CCCCC1=O. The van der Waals surface area contributed by atoms with E-state index < -0.39 is 5.97 Å². The van der Waals surface area contributed by atoms with Crippen molar-refractivity contribution in [2.24, 2.45) is 0 Å². The van der Waals surface area contributed by atoms with Crippen LogP contribution in [-0.4, -0.2) is 34.3 Å². The van der Waals surface area contributed by atoms with E-state index >= 15 is 0 Å². The Balaban J connectivity index is 2.34. The summed E-state index contributed by atoms with van der Waals surface area (Å²) < 4.78 is 0. The molecule has 1 aliphatic rings. The summed E-state index contributed by atoms with van der Waals surface area (Å²) in [5.41, 5.74) is 0. The molecule has 0 aromatic heterocycles. The van der Waals surface area contributed by atoms with E-state index in [-0.39, 0.29) is 18.2 Å². The second-order valence-corrected chi connectivity index (χ2v) is 4.00. The third-order valence-electron chi connectivity index (χ3n) is 2.66. The van der Waals surface area contributed by atoms with Crippen LogP contribution in [0.25, 0.3) is 0 Å². The average Bonchev–Trinajstić information content (AvgIpc) is 2.37. The van der Waals surface area contributed by atoms with Gasteiger partial charge in [-0.3, -0.25) is 19.3 Å². The molecule has 0 atom stereocenters. The van der Waals surface area contributed by atoms with E-state index in [1.807, 2.05) is 0 Å². The molecule has 1 N–H and O–H groups in total. The first-order chi connectivity index (χ1) is 7.61. The number of likely N-dealkylation sites (tertiary alicyclic amines) is 1. The summed E-state index contributed by atoms with van der Waals surface area (Å²) in [5, 5.41) is 8.45. The summed E-state index contributed by atoms with van der Waals surface area (Å²) in [6.45, 7) is 0.366. The molecule has 16 heavy (non-hydrogen) atoms. The molecule has 1 aliphatic heterocycles. The maximum absolute atomic E-state index is 11.5. The standard InChI is InChI=1S/C11H17NO4/c13-9-5-1-2-6-10(14)12(9)8-4-3-7-11(15)16/h1-8H2,(H,15,16). The number of carboxylic acids is 1. The lowest BCUT2D eigenvalue weighted by Gasteiger charge is -2.18. The van der Waals surface area contributed by atoms with Gasteiger partial charge in [0.2, 0.25) is 11.8 Å². The molecule has 90 valence electrons. The van der Waals surface area contributed by atoms with Crippen molar-refractivity contribution in [2.75, 3.05) is 6.54 Å². The van der Waals surface area contributed by atoms with Gasteiger partial charge < -0.3 is 5.11 Å². The van der Waals surface area contributed by atoms with Gasteiger partial charge in [-0.15, -0.1) is 0 Å². The third-order valence-corrected chi connectivity index (χ3v) is 2.66. The molecule has 1 heterocycles. The Morgan fingerprint density at radius 1 is 1.12 bits per heavy atom. The van der Waals surface area contributed by atoms with E-state index in [4.69, 9.17) is 5.11 Å². The maximum atomic E-state index is 11.5. The summed E-state index contributed by atoms with van der Waals surface area (Å²) >= 11 is 0. The van der Waals surface area contributed by atoms with Crippen molar-refractivity contribution in [3.05, 3.63) is 0 Å². The van der Waals surface area contributed by atoms with Gasteiger partial charge in [-0.2, -0.15) is 0 Å². The molecule has 0 saturated carbocycles. The molecule has 1 saturated heterocycles. The minimum Gasteiger partial charge on any atom is -0.481 e. The van der Waals surface area contributed by atoms with Crippen molar-refractivity contribution in [2.45, 2.75) is 44.9 Å². The van der Waals surface area contributed by atoms with Crippen LogP contribution in [0.15, 0.2) is 0 Å². The molecule has 0 aromatic carbocycles. The molecule has 1 fully saturated rings. The number of carbonyl (C=O) groups excluding carboxylic acids is 2. The lowest BCUT2D eigenvalue weighted by atomic mass is 10.2. The molecular weight excluding hydrogens is 210 g/mol. The number of hydrogen-bond acceptors (Lipinski definition) is 3. The quantitative estimate of drug-likeness (QED) is 0.565. The molecule has 0 radical (unpaired) electrons. The number of aliphatic carboxylic acids is 1. The van der Waals surface area contributed by atoms with Crippen LogP contribution in [0.5, 0.6) is 0 Å². The molecule has 2 amide bonds. The lowest BCUT2D eigenvalue weighted by molar-refractivity contribution is -0.143. The van der Waals surface area contributed by atoms with Crippen LogP contribution in [0.2, 0.25) is 0 Å². The van der Waals surface area contributed by atoms with E-state index in [0.29, 0.717) is 32.2 Å². The van der Waals surface area contributed by atoms with Crippen LogP contribution in [-0.2, 0) is 14.4 Å². The van der Waals surface area contributed by atoms with E-state index in [2.05, 4.69) is 0 Å². The molecule has 0 bridgehead atoms. The molecule has 5 nitrogen and oxygen atoms in total. The van der Waals surface area contributed by atoms with Crippen molar-refractivity contribution in [1.29, 1.82) is 0 Å². The molecule has 1 rings (SSSR count). The lowest BCUT2D eigenvalue weighted by Crippen LogP contribution is -2.35. The van der Waals surface area contributed by atoms with Gasteiger partial charge in [0.25, 0.3) is 0 Å². The van der Waals surface area contributed by atoms with E-state index in [1.165, 1.54) is 4.90 Å². The predicted molar refractivity (Wildman–Crippen MR) is 56.7 cm³/mol. The third kappa shape index (κ3) is 4.00. The molecular formula is C11H17NO4. The fraction of sp³-hybridized carbons (Fsp3) is 0.727. The Morgan fingerprint density at radius 3 is 2.19 bits per heavy atom. The Bertz CT molecular complexity index is 270. The highest BCUT2D eigenvalue weighted by Crippen LogP contribution is 2.13. The van der Waals surface area contributed by atoms with Gasteiger partial charge in [0.05, 0.1) is 0 Å². The summed E-state index contributed by atoms with van der Waals surface area (Å²) in [6, 6.07) is 0. The van der Waals surface area contributed by atoms with Crippen molar-refractivity contribution < 1.29 is 19.5 Å². The van der Waals surface area contributed by atoms with E-state index in [9.17, 15) is 14.4 Å². The monoisotopic (exact) mass is 227 g/mol. The fourth-order valence-electron chi connectivity index (χ4n) is 1.76. The number of nitrogens with zero attached hydrogens (tertiary/aromatic N) is 1. The Kier molecular flexibility index (Phi) is 4.95. The highest BCUT2D eigenvalue weighted by atomic mass is 16.4. The van der Waals surface area contributed by atoms with Gasteiger partial charge in [-0.05, 0) is 25.7 Å². The highest BCUT2D eigenvalue weighted by molar-refractivity contribution is 5.95. The van der Waals surface area contributed by atoms with Crippen LogP contribution in [0.1, 0.15) is 44.9 Å². The number of rotatable bonds is 5. The van der Waals surface area contributed by atoms with Gasteiger partial charge in [-0.1, -0.05) is 0 Å². The second kappa shape index (κ2) is 6.25. The zero-order chi connectivity index (χ0) is 12.0. The van der Waals surface area contributed by atoms with Crippen molar-refractivity contribution >= 4 is 17.8 Å². The number of carboxylic acid groups (broad SMARTS) is 1. The predicted octanol–water partition coefficient (Wildman–Crippen LogP) is 1.17. The Morgan fingerprint density at radius 2 is 1.69 bits per heavy atom. The molecule has 0 spiro atoms. The van der Waals surface area contributed by atoms with Crippen LogP contribution in [0.3, 0.4) is 0 Å². The van der Waals surface area contributed by atoms with Gasteiger partial charge in [0, 0.05) is 25.8 Å².